The molecule has 16 heavy (non-hydrogen) atoms. The first-order valence-corrected chi connectivity index (χ1v) is 4.79. The van der Waals surface area contributed by atoms with Crippen molar-refractivity contribution in [3.8, 4) is 5.75 Å². The molecule has 0 aromatic heterocycles. The van der Waals surface area contributed by atoms with E-state index in [-0.39, 0.29) is 5.11 Å². The van der Waals surface area contributed by atoms with Gasteiger partial charge in [0.25, 0.3) is 0 Å². The van der Waals surface area contributed by atoms with Crippen LogP contribution in [0.25, 0.3) is 0 Å². The van der Waals surface area contributed by atoms with Gasteiger partial charge in [0.2, 0.25) is 0 Å². The van der Waals surface area contributed by atoms with Gasteiger partial charge in [-0.05, 0) is 24.4 Å². The van der Waals surface area contributed by atoms with Crippen molar-refractivity contribution in [1.82, 2.24) is 10.9 Å². The van der Waals surface area contributed by atoms with E-state index in [1.165, 1.54) is 0 Å². The maximum absolute atomic E-state index is 10.4. The quantitative estimate of drug-likeness (QED) is 0.448. The second-order valence-electron chi connectivity index (χ2n) is 2.77. The molecule has 7 heteroatoms. The molecular weight excluding hydrogens is 228 g/mol. The van der Waals surface area contributed by atoms with Gasteiger partial charge < -0.3 is 15.8 Å². The zero-order chi connectivity index (χ0) is 12.0. The maximum atomic E-state index is 10.4. The van der Waals surface area contributed by atoms with E-state index in [4.69, 9.17) is 22.7 Å². The lowest BCUT2D eigenvalue weighted by atomic mass is 10.3. The first kappa shape index (κ1) is 12.1. The number of carbonyl (C=O) groups excluding carboxylic acids is 1. The Balaban J connectivity index is 2.58. The lowest BCUT2D eigenvalue weighted by molar-refractivity contribution is 0.247. The van der Waals surface area contributed by atoms with E-state index in [0.29, 0.717) is 11.4 Å². The summed E-state index contributed by atoms with van der Waals surface area (Å²) in [7, 11) is 1.55. The molecule has 1 aromatic rings. The molecule has 1 aromatic carbocycles. The number of nitrogens with one attached hydrogen (secondary N) is 3. The number of hydrazine groups is 1. The van der Waals surface area contributed by atoms with Gasteiger partial charge in [-0.15, -0.1) is 0 Å². The molecule has 0 spiro atoms. The molecule has 0 aliphatic rings. The SMILES string of the molecule is COc1ccccc1NC(=S)NNC(N)=O. The van der Waals surface area contributed by atoms with Crippen LogP contribution >= 0.6 is 12.2 Å². The number of amides is 2. The van der Waals surface area contributed by atoms with E-state index in [9.17, 15) is 4.79 Å². The monoisotopic (exact) mass is 240 g/mol. The fraction of sp³-hybridized carbons (Fsp3) is 0.111. The summed E-state index contributed by atoms with van der Waals surface area (Å²) in [6.45, 7) is 0. The van der Waals surface area contributed by atoms with Crippen molar-refractivity contribution in [3.05, 3.63) is 24.3 Å². The largest absolute Gasteiger partial charge is 0.495 e. The van der Waals surface area contributed by atoms with Gasteiger partial charge in [0.15, 0.2) is 5.11 Å². The Morgan fingerprint density at radius 1 is 1.38 bits per heavy atom. The minimum Gasteiger partial charge on any atom is -0.495 e. The molecule has 0 atom stereocenters. The highest BCUT2D eigenvalue weighted by Crippen LogP contribution is 2.22. The summed E-state index contributed by atoms with van der Waals surface area (Å²) in [6.07, 6.45) is 0. The standard InChI is InChI=1S/C9H12N4O2S/c1-15-7-5-3-2-4-6(7)11-9(16)13-12-8(10)14/h2-5H,1H3,(H3,10,12,14)(H2,11,13,16). The summed E-state index contributed by atoms with van der Waals surface area (Å²) < 4.78 is 5.11. The van der Waals surface area contributed by atoms with Crippen LogP contribution in [-0.2, 0) is 0 Å². The smallest absolute Gasteiger partial charge is 0.330 e. The Bertz CT molecular complexity index is 397. The number of urea groups is 1. The zero-order valence-electron chi connectivity index (χ0n) is 8.61. The Labute approximate surface area is 98.1 Å². The molecule has 0 aliphatic carbocycles. The lowest BCUT2D eigenvalue weighted by Gasteiger charge is -2.12. The second-order valence-corrected chi connectivity index (χ2v) is 3.18. The number of nitrogens with two attached hydrogens (primary N) is 1. The average Bonchev–Trinajstić information content (AvgIpc) is 2.27. The van der Waals surface area contributed by atoms with Crippen LogP contribution in [0, 0.1) is 0 Å². The molecule has 6 nitrogen and oxygen atoms in total. The molecule has 5 N–H and O–H groups in total. The summed E-state index contributed by atoms with van der Waals surface area (Å²) in [4.78, 5) is 10.4. The summed E-state index contributed by atoms with van der Waals surface area (Å²) in [5, 5.41) is 3.05. The van der Waals surface area contributed by atoms with Crippen LogP contribution in [0.15, 0.2) is 24.3 Å². The van der Waals surface area contributed by atoms with Crippen LogP contribution in [0.1, 0.15) is 0 Å². The maximum Gasteiger partial charge on any atom is 0.330 e. The first-order chi connectivity index (χ1) is 7.63. The van der Waals surface area contributed by atoms with Gasteiger partial charge in [-0.25, -0.2) is 10.2 Å². The molecule has 0 unspecified atom stereocenters. The van der Waals surface area contributed by atoms with Crippen molar-refractivity contribution in [3.63, 3.8) is 0 Å². The van der Waals surface area contributed by atoms with Crippen molar-refractivity contribution >= 4 is 29.0 Å². The molecule has 0 heterocycles. The van der Waals surface area contributed by atoms with Gasteiger partial charge in [0.1, 0.15) is 5.75 Å². The van der Waals surface area contributed by atoms with Crippen molar-refractivity contribution < 1.29 is 9.53 Å². The number of methoxy groups -OCH3 is 1. The zero-order valence-corrected chi connectivity index (χ0v) is 9.43. The molecular formula is C9H12N4O2S. The van der Waals surface area contributed by atoms with E-state index in [0.717, 1.165) is 0 Å². The molecule has 2 amide bonds. The Kier molecular flexibility index (Phi) is 4.34. The van der Waals surface area contributed by atoms with Crippen LogP contribution in [0.3, 0.4) is 0 Å². The average molecular weight is 240 g/mol. The fourth-order valence-electron chi connectivity index (χ4n) is 1.02. The third kappa shape index (κ3) is 3.62. The predicted molar refractivity (Wildman–Crippen MR) is 65.1 cm³/mol. The molecule has 0 fully saturated rings. The minimum atomic E-state index is -0.718. The molecule has 86 valence electrons. The Hall–Kier alpha value is -2.02. The lowest BCUT2D eigenvalue weighted by Crippen LogP contribution is -2.46. The van der Waals surface area contributed by atoms with Crippen LogP contribution in [0.2, 0.25) is 0 Å². The highest BCUT2D eigenvalue weighted by molar-refractivity contribution is 7.80. The first-order valence-electron chi connectivity index (χ1n) is 4.39. The van der Waals surface area contributed by atoms with Crippen molar-refractivity contribution in [1.29, 1.82) is 0 Å². The van der Waals surface area contributed by atoms with Gasteiger partial charge in [-0.3, -0.25) is 5.43 Å². The van der Waals surface area contributed by atoms with E-state index in [1.807, 2.05) is 12.1 Å². The van der Waals surface area contributed by atoms with Gasteiger partial charge in [-0.1, -0.05) is 12.1 Å². The number of hydrogen-bond acceptors (Lipinski definition) is 3. The number of ether oxygens (including phenoxy) is 1. The summed E-state index contributed by atoms with van der Waals surface area (Å²) >= 11 is 4.91. The van der Waals surface area contributed by atoms with Crippen LogP contribution in [-0.4, -0.2) is 18.3 Å². The van der Waals surface area contributed by atoms with E-state index in [1.54, 1.807) is 19.2 Å². The van der Waals surface area contributed by atoms with E-state index >= 15 is 0 Å². The van der Waals surface area contributed by atoms with Crippen LogP contribution in [0.4, 0.5) is 10.5 Å². The van der Waals surface area contributed by atoms with Crippen LogP contribution in [0.5, 0.6) is 5.75 Å². The number of rotatable bonds is 2. The summed E-state index contributed by atoms with van der Waals surface area (Å²) in [6, 6.07) is 6.52. The fourth-order valence-corrected chi connectivity index (χ4v) is 1.18. The predicted octanol–water partition coefficient (Wildman–Crippen LogP) is 0.565. The number of thiocarbonyl (C=S) groups is 1. The summed E-state index contributed by atoms with van der Waals surface area (Å²) in [5.74, 6) is 0.644. The summed E-state index contributed by atoms with van der Waals surface area (Å²) in [5.41, 5.74) is 10.1. The number of primary amides is 1. The topological polar surface area (TPSA) is 88.4 Å². The van der Waals surface area contributed by atoms with Crippen molar-refractivity contribution in [2.45, 2.75) is 0 Å². The number of benzene rings is 1. The highest BCUT2D eigenvalue weighted by Gasteiger charge is 2.03. The van der Waals surface area contributed by atoms with E-state index < -0.39 is 6.03 Å². The number of carbonyl (C=O) groups is 1. The Morgan fingerprint density at radius 2 is 2.06 bits per heavy atom. The second kappa shape index (κ2) is 5.76. The van der Waals surface area contributed by atoms with E-state index in [2.05, 4.69) is 16.2 Å². The Morgan fingerprint density at radius 3 is 2.69 bits per heavy atom. The van der Waals surface area contributed by atoms with Crippen molar-refractivity contribution in [2.24, 2.45) is 5.73 Å². The molecule has 1 rings (SSSR count). The van der Waals surface area contributed by atoms with Gasteiger partial charge in [-0.2, -0.15) is 0 Å². The molecule has 0 saturated carbocycles. The third-order valence-corrected chi connectivity index (χ3v) is 1.86. The van der Waals surface area contributed by atoms with Crippen molar-refractivity contribution in [2.75, 3.05) is 12.4 Å². The van der Waals surface area contributed by atoms with Gasteiger partial charge in [0.05, 0.1) is 12.8 Å². The third-order valence-electron chi connectivity index (χ3n) is 1.65. The number of anilines is 1. The van der Waals surface area contributed by atoms with Gasteiger partial charge in [0, 0.05) is 0 Å². The normalized spacial score (nSPS) is 9.06. The number of para-hydroxylation sites is 2. The molecule has 0 bridgehead atoms. The molecule has 0 aliphatic heterocycles. The van der Waals surface area contributed by atoms with Crippen LogP contribution < -0.4 is 26.6 Å². The van der Waals surface area contributed by atoms with Gasteiger partial charge >= 0.3 is 6.03 Å². The highest BCUT2D eigenvalue weighted by atomic mass is 32.1. The minimum absolute atomic E-state index is 0.211. The molecule has 0 radical (unpaired) electrons. The molecule has 0 saturated heterocycles. The number of hydrogen-bond donors (Lipinski definition) is 4.